The molecule has 2 aromatic heterocycles. The normalized spacial score (nSPS) is 32.3. The van der Waals surface area contributed by atoms with E-state index in [1.54, 1.807) is 42.7 Å². The van der Waals surface area contributed by atoms with Crippen molar-refractivity contribution < 1.29 is 34.0 Å². The van der Waals surface area contributed by atoms with E-state index in [4.69, 9.17) is 24.3 Å². The molecule has 10 heteroatoms. The summed E-state index contributed by atoms with van der Waals surface area (Å²) in [6, 6.07) is 13.3. The smallest absolute Gasteiger partial charge is 0.345 e. The topological polar surface area (TPSA) is 163 Å². The van der Waals surface area contributed by atoms with Gasteiger partial charge >= 0.3 is 11.6 Å². The van der Waals surface area contributed by atoms with E-state index in [0.717, 1.165) is 7.11 Å². The Labute approximate surface area is 249 Å². The molecule has 3 N–H and O–H groups in total. The number of aromatic nitrogens is 1. The minimum Gasteiger partial charge on any atom is -0.482 e. The molecule has 226 valence electrons. The predicted octanol–water partition coefficient (Wildman–Crippen LogP) is 4.03. The van der Waals surface area contributed by atoms with Crippen LogP contribution in [-0.4, -0.2) is 51.2 Å². The lowest BCUT2D eigenvalue weighted by Gasteiger charge is -2.63. The van der Waals surface area contributed by atoms with E-state index >= 15 is 0 Å². The van der Waals surface area contributed by atoms with Gasteiger partial charge in [0, 0.05) is 37.1 Å². The zero-order valence-corrected chi connectivity index (χ0v) is 24.6. The number of rotatable bonds is 3. The number of nitriles is 1. The van der Waals surface area contributed by atoms with Crippen molar-refractivity contribution in [2.24, 2.45) is 23.2 Å². The number of carbonyl (C=O) groups excluding carboxylic acids is 1. The molecule has 3 heterocycles. The van der Waals surface area contributed by atoms with Crippen LogP contribution in [-0.2, 0) is 4.74 Å². The van der Waals surface area contributed by atoms with Crippen LogP contribution < -0.4 is 10.4 Å². The van der Waals surface area contributed by atoms with Gasteiger partial charge in [-0.1, -0.05) is 13.8 Å². The third kappa shape index (κ3) is 5.01. The van der Waals surface area contributed by atoms with Crippen molar-refractivity contribution in [1.29, 1.82) is 5.26 Å². The first-order valence-corrected chi connectivity index (χ1v) is 14.4. The maximum absolute atomic E-state index is 13.4. The van der Waals surface area contributed by atoms with Gasteiger partial charge in [-0.05, 0) is 79.8 Å². The number of ether oxygens (including phenoxy) is 2. The van der Waals surface area contributed by atoms with Crippen molar-refractivity contribution in [2.75, 3.05) is 7.11 Å². The molecule has 0 saturated heterocycles. The zero-order chi connectivity index (χ0) is 31.1. The lowest BCUT2D eigenvalue weighted by molar-refractivity contribution is -0.241. The summed E-state index contributed by atoms with van der Waals surface area (Å²) in [5.41, 5.74) is -1.11. The summed E-state index contributed by atoms with van der Waals surface area (Å²) in [7, 11) is 1.00. The highest BCUT2D eigenvalue weighted by molar-refractivity contribution is 5.89. The van der Waals surface area contributed by atoms with Crippen molar-refractivity contribution >= 4 is 5.97 Å². The summed E-state index contributed by atoms with van der Waals surface area (Å²) in [5, 5.41) is 38.9. The highest BCUT2D eigenvalue weighted by Gasteiger charge is 2.67. The average molecular weight is 589 g/mol. The quantitative estimate of drug-likeness (QED) is 0.381. The number of esters is 1. The van der Waals surface area contributed by atoms with Crippen LogP contribution in [0.5, 0.6) is 5.75 Å². The molecule has 0 bridgehead atoms. The fraction of sp³-hybridized carbons (Fsp3) is 0.455. The second-order valence-electron chi connectivity index (χ2n) is 12.0. The molecule has 0 amide bonds. The molecule has 8 atom stereocenters. The fourth-order valence-corrected chi connectivity index (χ4v) is 7.70. The highest BCUT2D eigenvalue weighted by atomic mass is 16.6. The van der Waals surface area contributed by atoms with Crippen molar-refractivity contribution in [2.45, 2.75) is 63.9 Å². The van der Waals surface area contributed by atoms with Crippen molar-refractivity contribution in [3.05, 3.63) is 82.0 Å². The van der Waals surface area contributed by atoms with E-state index < -0.39 is 46.8 Å². The van der Waals surface area contributed by atoms with Crippen LogP contribution in [0.3, 0.4) is 0 Å². The summed E-state index contributed by atoms with van der Waals surface area (Å²) >= 11 is 0. The zero-order valence-electron chi connectivity index (χ0n) is 24.6. The van der Waals surface area contributed by atoms with Crippen molar-refractivity contribution in [1.82, 2.24) is 4.98 Å². The van der Waals surface area contributed by atoms with Crippen LogP contribution in [0, 0.1) is 34.5 Å². The van der Waals surface area contributed by atoms with E-state index in [-0.39, 0.29) is 34.5 Å². The number of hydrogen-bond donors (Lipinski definition) is 3. The van der Waals surface area contributed by atoms with Gasteiger partial charge in [0.25, 0.3) is 0 Å². The minimum atomic E-state index is -1.26. The van der Waals surface area contributed by atoms with Crippen LogP contribution in [0.4, 0.5) is 0 Å². The first-order valence-electron chi connectivity index (χ1n) is 14.4. The Bertz CT molecular complexity index is 1580. The molecule has 1 aliphatic heterocycles. The Hall–Kier alpha value is -4.04. The Morgan fingerprint density at radius 2 is 1.88 bits per heavy atom. The molecule has 0 spiro atoms. The maximum Gasteiger partial charge on any atom is 0.345 e. The Morgan fingerprint density at radius 1 is 1.16 bits per heavy atom. The number of aliphatic hydroxyl groups excluding tert-OH is 3. The van der Waals surface area contributed by atoms with Gasteiger partial charge in [0.1, 0.15) is 28.8 Å². The van der Waals surface area contributed by atoms with Gasteiger partial charge in [0.2, 0.25) is 0 Å². The fourth-order valence-electron chi connectivity index (χ4n) is 7.70. The Balaban J connectivity index is 0.00000180. The number of aliphatic hydroxyl groups is 3. The Morgan fingerprint density at radius 3 is 2.53 bits per heavy atom. The van der Waals surface area contributed by atoms with Crippen molar-refractivity contribution in [3.8, 4) is 23.1 Å². The number of benzene rings is 1. The first-order chi connectivity index (χ1) is 20.6. The molecule has 3 aliphatic rings. The number of pyridine rings is 1. The van der Waals surface area contributed by atoms with Gasteiger partial charge in [-0.3, -0.25) is 4.98 Å². The van der Waals surface area contributed by atoms with E-state index in [1.807, 2.05) is 19.9 Å². The first kappa shape index (κ1) is 30.4. The van der Waals surface area contributed by atoms with E-state index in [2.05, 4.69) is 11.9 Å². The van der Waals surface area contributed by atoms with Gasteiger partial charge in [-0.25, -0.2) is 9.59 Å². The van der Waals surface area contributed by atoms with Crippen LogP contribution in [0.2, 0.25) is 0 Å². The summed E-state index contributed by atoms with van der Waals surface area (Å²) in [6.45, 7) is 5.88. The van der Waals surface area contributed by atoms with Crippen LogP contribution >= 0.6 is 0 Å². The van der Waals surface area contributed by atoms with Gasteiger partial charge in [-0.2, -0.15) is 5.26 Å². The summed E-state index contributed by atoms with van der Waals surface area (Å²) in [5.74, 6) is -1.05. The lowest BCUT2D eigenvalue weighted by Crippen LogP contribution is -2.69. The van der Waals surface area contributed by atoms with E-state index in [1.165, 1.54) is 12.1 Å². The Kier molecular flexibility index (Phi) is 8.18. The molecule has 1 aromatic carbocycles. The van der Waals surface area contributed by atoms with E-state index in [9.17, 15) is 19.8 Å². The second kappa shape index (κ2) is 11.6. The molecule has 6 rings (SSSR count). The van der Waals surface area contributed by atoms with Crippen LogP contribution in [0.25, 0.3) is 11.3 Å². The molecule has 3 aromatic rings. The van der Waals surface area contributed by atoms with Gasteiger partial charge in [0.15, 0.2) is 0 Å². The molecule has 10 nitrogen and oxygen atoms in total. The molecule has 2 saturated carbocycles. The van der Waals surface area contributed by atoms with Gasteiger partial charge in [0.05, 0.1) is 29.4 Å². The minimum absolute atomic E-state index is 0.0398. The lowest BCUT2D eigenvalue weighted by atomic mass is 9.46. The molecular formula is C33H36N2O8. The molecule has 2 fully saturated rings. The SMILES string of the molecule is CC1C(O)CCC2(C)C1CC(OC(=O)c1ccc(C#N)cc1)C1(C)Oc3cc(-c4cccnc4)oc(=O)c3C(O)C21.CO. The second-order valence-corrected chi connectivity index (χ2v) is 12.0. The van der Waals surface area contributed by atoms with Crippen LogP contribution in [0.15, 0.2) is 64.1 Å². The monoisotopic (exact) mass is 588 g/mol. The van der Waals surface area contributed by atoms with E-state index in [0.29, 0.717) is 30.4 Å². The molecular weight excluding hydrogens is 552 g/mol. The summed E-state index contributed by atoms with van der Waals surface area (Å²) in [6.07, 6.45) is 2.14. The molecule has 2 aliphatic carbocycles. The highest BCUT2D eigenvalue weighted by Crippen LogP contribution is 2.64. The standard InChI is InChI=1S/C32H32N2O7.CH4O/c1-17-21-13-25(40-29(37)19-8-6-18(15-33)7-9-19)32(3)28(31(21,2)11-10-22(17)35)27(36)26-24(41-32)14-23(39-30(26)38)20-5-4-12-34-16-20;1-2/h4-9,12,14,16-17,21-22,25,27-28,35-36H,10-11,13H2,1-3H3;2H,1H3. The summed E-state index contributed by atoms with van der Waals surface area (Å²) < 4.78 is 18.5. The third-order valence-corrected chi connectivity index (χ3v) is 9.84. The molecule has 43 heavy (non-hydrogen) atoms. The van der Waals surface area contributed by atoms with Crippen LogP contribution in [0.1, 0.15) is 67.6 Å². The number of carbonyl (C=O) groups is 1. The number of nitrogens with zero attached hydrogens (tertiary/aromatic N) is 2. The number of hydrogen-bond acceptors (Lipinski definition) is 10. The average Bonchev–Trinajstić information content (AvgIpc) is 3.01. The summed E-state index contributed by atoms with van der Waals surface area (Å²) in [4.78, 5) is 30.8. The maximum atomic E-state index is 13.4. The van der Waals surface area contributed by atoms with Crippen molar-refractivity contribution in [3.63, 3.8) is 0 Å². The third-order valence-electron chi connectivity index (χ3n) is 9.84. The predicted molar refractivity (Wildman–Crippen MR) is 155 cm³/mol. The van der Waals surface area contributed by atoms with Gasteiger partial charge < -0.3 is 29.2 Å². The molecule has 8 unspecified atom stereocenters. The largest absolute Gasteiger partial charge is 0.482 e. The molecule has 0 radical (unpaired) electrons. The number of fused-ring (bicyclic) bond motifs is 4. The van der Waals surface area contributed by atoms with Gasteiger partial charge in [-0.15, -0.1) is 0 Å².